The van der Waals surface area contributed by atoms with Gasteiger partial charge < -0.3 is 5.32 Å². The van der Waals surface area contributed by atoms with Crippen LogP contribution >= 0.6 is 22.6 Å². The quantitative estimate of drug-likeness (QED) is 0.808. The molecular weight excluding hydrogens is 316 g/mol. The first-order valence-electron chi connectivity index (χ1n) is 5.88. The second-order valence-corrected chi connectivity index (χ2v) is 5.76. The molecular formula is C13H17FIN. The Balaban J connectivity index is 2.02. The summed E-state index contributed by atoms with van der Waals surface area (Å²) >= 11 is 2.18. The lowest BCUT2D eigenvalue weighted by Crippen LogP contribution is -2.24. The van der Waals surface area contributed by atoms with E-state index in [2.05, 4.69) is 34.8 Å². The molecule has 0 aliphatic heterocycles. The highest BCUT2D eigenvalue weighted by atomic mass is 127. The fourth-order valence-electron chi connectivity index (χ4n) is 2.43. The van der Waals surface area contributed by atoms with Crippen molar-refractivity contribution in [1.29, 1.82) is 0 Å². The first-order chi connectivity index (χ1) is 7.66. The Hall–Kier alpha value is -0.320. The molecule has 0 heterocycles. The van der Waals surface area contributed by atoms with Gasteiger partial charge in [0.05, 0.1) is 0 Å². The maximum Gasteiger partial charge on any atom is 0.124 e. The van der Waals surface area contributed by atoms with Crippen LogP contribution in [0.1, 0.15) is 32.6 Å². The number of benzene rings is 1. The Morgan fingerprint density at radius 1 is 1.38 bits per heavy atom. The van der Waals surface area contributed by atoms with Crippen LogP contribution in [-0.4, -0.2) is 6.04 Å². The summed E-state index contributed by atoms with van der Waals surface area (Å²) in [7, 11) is 0. The van der Waals surface area contributed by atoms with Gasteiger partial charge in [-0.3, -0.25) is 0 Å². The maximum atomic E-state index is 13.0. The number of nitrogens with one attached hydrogen (secondary N) is 1. The molecule has 1 atom stereocenters. The summed E-state index contributed by atoms with van der Waals surface area (Å²) in [6, 6.07) is 5.42. The van der Waals surface area contributed by atoms with Crippen molar-refractivity contribution in [2.75, 3.05) is 5.32 Å². The predicted octanol–water partition coefficient (Wildman–Crippen LogP) is 4.42. The van der Waals surface area contributed by atoms with Crippen molar-refractivity contribution in [3.05, 3.63) is 27.6 Å². The monoisotopic (exact) mass is 333 g/mol. The van der Waals surface area contributed by atoms with Crippen LogP contribution in [-0.2, 0) is 0 Å². The van der Waals surface area contributed by atoms with E-state index in [-0.39, 0.29) is 5.82 Å². The molecule has 88 valence electrons. The third-order valence-electron chi connectivity index (χ3n) is 3.42. The van der Waals surface area contributed by atoms with E-state index in [0.29, 0.717) is 6.04 Å². The number of hydrogen-bond donors (Lipinski definition) is 1. The van der Waals surface area contributed by atoms with Gasteiger partial charge in [-0.2, -0.15) is 0 Å². The first-order valence-corrected chi connectivity index (χ1v) is 6.96. The third-order valence-corrected chi connectivity index (χ3v) is 4.31. The molecule has 1 unspecified atom stereocenters. The van der Waals surface area contributed by atoms with Crippen LogP contribution in [0.2, 0.25) is 0 Å². The predicted molar refractivity (Wildman–Crippen MR) is 74.2 cm³/mol. The van der Waals surface area contributed by atoms with E-state index in [1.807, 2.05) is 6.07 Å². The normalized spacial score (nSPS) is 18.7. The minimum atomic E-state index is -0.163. The van der Waals surface area contributed by atoms with Crippen molar-refractivity contribution in [2.24, 2.45) is 5.92 Å². The van der Waals surface area contributed by atoms with Gasteiger partial charge in [0.2, 0.25) is 0 Å². The second-order valence-electron chi connectivity index (χ2n) is 4.60. The molecule has 0 bridgehead atoms. The first kappa shape index (κ1) is 12.1. The molecule has 1 aromatic rings. The summed E-state index contributed by atoms with van der Waals surface area (Å²) in [5, 5.41) is 3.51. The number of anilines is 1. The molecule has 3 heteroatoms. The fourth-order valence-corrected chi connectivity index (χ4v) is 3.06. The highest BCUT2D eigenvalue weighted by Crippen LogP contribution is 2.30. The van der Waals surface area contributed by atoms with Gasteiger partial charge in [-0.25, -0.2) is 4.39 Å². The van der Waals surface area contributed by atoms with Crippen molar-refractivity contribution in [2.45, 2.75) is 38.6 Å². The minimum absolute atomic E-state index is 0.163. The summed E-state index contributed by atoms with van der Waals surface area (Å²) in [6.45, 7) is 2.23. The molecule has 0 saturated heterocycles. The molecule has 0 aromatic heterocycles. The third kappa shape index (κ3) is 2.87. The molecule has 16 heavy (non-hydrogen) atoms. The lowest BCUT2D eigenvalue weighted by Gasteiger charge is -2.22. The van der Waals surface area contributed by atoms with Crippen molar-refractivity contribution < 1.29 is 4.39 Å². The molecule has 2 rings (SSSR count). The van der Waals surface area contributed by atoms with E-state index in [4.69, 9.17) is 0 Å². The Kier molecular flexibility index (Phi) is 4.05. The van der Waals surface area contributed by atoms with Gasteiger partial charge in [0.25, 0.3) is 0 Å². The van der Waals surface area contributed by atoms with Crippen molar-refractivity contribution >= 4 is 28.3 Å². The van der Waals surface area contributed by atoms with E-state index >= 15 is 0 Å². The molecule has 1 fully saturated rings. The summed E-state index contributed by atoms with van der Waals surface area (Å²) in [5.74, 6) is 0.615. The molecule has 0 amide bonds. The molecule has 0 radical (unpaired) electrons. The van der Waals surface area contributed by atoms with Crippen molar-refractivity contribution in [3.8, 4) is 0 Å². The Morgan fingerprint density at radius 2 is 2.06 bits per heavy atom. The zero-order valence-electron chi connectivity index (χ0n) is 9.47. The van der Waals surface area contributed by atoms with Crippen molar-refractivity contribution in [1.82, 2.24) is 0 Å². The van der Waals surface area contributed by atoms with Crippen LogP contribution in [0.15, 0.2) is 18.2 Å². The van der Waals surface area contributed by atoms with Crippen LogP contribution in [0.5, 0.6) is 0 Å². The number of halogens is 2. The lowest BCUT2D eigenvalue weighted by atomic mass is 9.99. The number of rotatable bonds is 3. The SMILES string of the molecule is CC(Nc1ccc(F)cc1I)C1CCCC1. The van der Waals surface area contributed by atoms with E-state index < -0.39 is 0 Å². The van der Waals surface area contributed by atoms with Crippen LogP contribution < -0.4 is 5.32 Å². The maximum absolute atomic E-state index is 13.0. The van der Waals surface area contributed by atoms with Gasteiger partial charge >= 0.3 is 0 Å². The molecule has 1 aliphatic carbocycles. The molecule has 1 N–H and O–H groups in total. The second kappa shape index (κ2) is 5.34. The average molecular weight is 333 g/mol. The van der Waals surface area contributed by atoms with Crippen LogP contribution in [0.3, 0.4) is 0 Å². The Morgan fingerprint density at radius 3 is 2.69 bits per heavy atom. The van der Waals surface area contributed by atoms with Crippen molar-refractivity contribution in [3.63, 3.8) is 0 Å². The van der Waals surface area contributed by atoms with Gasteiger partial charge in [-0.05, 0) is 66.5 Å². The van der Waals surface area contributed by atoms with Crippen LogP contribution in [0.25, 0.3) is 0 Å². The largest absolute Gasteiger partial charge is 0.381 e. The standard InChI is InChI=1S/C13H17FIN/c1-9(10-4-2-3-5-10)16-13-7-6-11(14)8-12(13)15/h6-10,16H,2-5H2,1H3. The highest BCUT2D eigenvalue weighted by Gasteiger charge is 2.21. The van der Waals surface area contributed by atoms with Gasteiger partial charge in [0, 0.05) is 15.3 Å². The van der Waals surface area contributed by atoms with Gasteiger partial charge in [0.15, 0.2) is 0 Å². The molecule has 1 aromatic carbocycles. The van der Waals surface area contributed by atoms with Crippen LogP contribution in [0.4, 0.5) is 10.1 Å². The van der Waals surface area contributed by atoms with Gasteiger partial charge in [-0.1, -0.05) is 12.8 Å². The zero-order chi connectivity index (χ0) is 11.5. The number of hydrogen-bond acceptors (Lipinski definition) is 1. The Bertz CT molecular complexity index is 361. The fraction of sp³-hybridized carbons (Fsp3) is 0.538. The van der Waals surface area contributed by atoms with E-state index in [9.17, 15) is 4.39 Å². The van der Waals surface area contributed by atoms with E-state index in [0.717, 1.165) is 15.2 Å². The zero-order valence-corrected chi connectivity index (χ0v) is 11.6. The lowest BCUT2D eigenvalue weighted by molar-refractivity contribution is 0.482. The summed E-state index contributed by atoms with van der Waals surface area (Å²) < 4.78 is 13.9. The van der Waals surface area contributed by atoms with Crippen LogP contribution in [0, 0.1) is 15.3 Å². The molecule has 0 spiro atoms. The van der Waals surface area contributed by atoms with Gasteiger partial charge in [0.1, 0.15) is 5.82 Å². The van der Waals surface area contributed by atoms with E-state index in [1.54, 1.807) is 6.07 Å². The summed E-state index contributed by atoms with van der Waals surface area (Å²) in [4.78, 5) is 0. The minimum Gasteiger partial charge on any atom is -0.381 e. The topological polar surface area (TPSA) is 12.0 Å². The summed E-state index contributed by atoms with van der Waals surface area (Å²) in [5.41, 5.74) is 1.06. The average Bonchev–Trinajstić information content (AvgIpc) is 2.75. The molecule has 1 aliphatic rings. The smallest absolute Gasteiger partial charge is 0.124 e. The molecule has 1 nitrogen and oxygen atoms in total. The summed E-state index contributed by atoms with van der Waals surface area (Å²) in [6.07, 6.45) is 5.37. The Labute approximate surface area is 110 Å². The van der Waals surface area contributed by atoms with Gasteiger partial charge in [-0.15, -0.1) is 0 Å². The molecule has 1 saturated carbocycles. The highest BCUT2D eigenvalue weighted by molar-refractivity contribution is 14.1. The van der Waals surface area contributed by atoms with E-state index in [1.165, 1.54) is 31.7 Å².